The molecule has 0 fully saturated rings. The summed E-state index contributed by atoms with van der Waals surface area (Å²) < 4.78 is 19.2. The molecule has 1 heterocycles. The molecule has 3 rings (SSSR count). The van der Waals surface area contributed by atoms with Crippen molar-refractivity contribution in [3.8, 4) is 11.5 Å². The van der Waals surface area contributed by atoms with Gasteiger partial charge in [0.2, 0.25) is 0 Å². The van der Waals surface area contributed by atoms with Crippen LogP contribution in [0.4, 0.5) is 0 Å². The van der Waals surface area contributed by atoms with Crippen molar-refractivity contribution in [3.63, 3.8) is 0 Å². The molecule has 0 spiro atoms. The zero-order valence-corrected chi connectivity index (χ0v) is 16.2. The molecule has 0 unspecified atom stereocenters. The highest BCUT2D eigenvalue weighted by Crippen LogP contribution is 2.18. The average Bonchev–Trinajstić information content (AvgIpc) is 3.03. The summed E-state index contributed by atoms with van der Waals surface area (Å²) in [6, 6.07) is 15.1. The van der Waals surface area contributed by atoms with E-state index < -0.39 is 0 Å². The summed E-state index contributed by atoms with van der Waals surface area (Å²) in [7, 11) is 1.65. The van der Waals surface area contributed by atoms with Crippen LogP contribution in [0.3, 0.4) is 0 Å². The summed E-state index contributed by atoms with van der Waals surface area (Å²) in [6.45, 7) is 3.59. The number of hydrogen-bond donors (Lipinski definition) is 0. The summed E-state index contributed by atoms with van der Waals surface area (Å²) >= 11 is 1.48. The predicted octanol–water partition coefficient (Wildman–Crippen LogP) is 3.25. The number of carbonyl (C=O) groups is 1. The Labute approximate surface area is 161 Å². The largest absolute Gasteiger partial charge is 0.494 e. The quantitative estimate of drug-likeness (QED) is 0.596. The molecule has 0 saturated carbocycles. The molecular weight excluding hydrogens is 364 g/mol. The minimum atomic E-state index is -0.332. The average molecular weight is 386 g/mol. The third kappa shape index (κ3) is 4.96. The Kier molecular flexibility index (Phi) is 6.62. The van der Waals surface area contributed by atoms with E-state index in [2.05, 4.69) is 4.99 Å². The number of fused-ring (bicyclic) bond motifs is 1. The van der Waals surface area contributed by atoms with Crippen LogP contribution in [0.15, 0.2) is 53.5 Å². The number of rotatable bonds is 8. The van der Waals surface area contributed by atoms with Gasteiger partial charge in [-0.3, -0.25) is 4.79 Å². The van der Waals surface area contributed by atoms with Crippen molar-refractivity contribution in [2.45, 2.75) is 13.5 Å². The topological polar surface area (TPSA) is 62.0 Å². The van der Waals surface area contributed by atoms with E-state index in [4.69, 9.17) is 14.2 Å². The maximum Gasteiger partial charge on any atom is 0.286 e. The molecule has 0 radical (unpaired) electrons. The van der Waals surface area contributed by atoms with Crippen molar-refractivity contribution in [3.05, 3.63) is 53.3 Å². The van der Waals surface area contributed by atoms with Crippen molar-refractivity contribution in [1.29, 1.82) is 0 Å². The molecule has 6 nitrogen and oxygen atoms in total. The van der Waals surface area contributed by atoms with Crippen LogP contribution in [0.25, 0.3) is 10.2 Å². The first-order valence-corrected chi connectivity index (χ1v) is 9.53. The number of para-hydroxylation sites is 1. The first-order chi connectivity index (χ1) is 13.2. The van der Waals surface area contributed by atoms with Gasteiger partial charge >= 0.3 is 0 Å². The molecule has 0 aliphatic carbocycles. The second-order valence-electron chi connectivity index (χ2n) is 5.70. The van der Waals surface area contributed by atoms with Crippen LogP contribution in [0.2, 0.25) is 0 Å². The number of amides is 1. The van der Waals surface area contributed by atoms with E-state index in [1.54, 1.807) is 19.2 Å². The van der Waals surface area contributed by atoms with Crippen molar-refractivity contribution in [2.24, 2.45) is 4.99 Å². The van der Waals surface area contributed by atoms with Crippen LogP contribution in [0.5, 0.6) is 11.5 Å². The zero-order valence-electron chi connectivity index (χ0n) is 15.4. The van der Waals surface area contributed by atoms with Gasteiger partial charge in [0.15, 0.2) is 11.4 Å². The Balaban J connectivity index is 1.74. The summed E-state index contributed by atoms with van der Waals surface area (Å²) in [6.07, 6.45) is 0. The van der Waals surface area contributed by atoms with Crippen LogP contribution in [0, 0.1) is 0 Å². The molecule has 142 valence electrons. The number of carbonyl (C=O) groups excluding carboxylic acids is 1. The SMILES string of the molecule is CCOc1ccc(OCC(=O)N=c2sc3ccccc3n2CCOC)cc1. The molecular formula is C20H22N2O4S. The number of aromatic nitrogens is 1. The number of methoxy groups -OCH3 is 1. The Bertz CT molecular complexity index is 960. The van der Waals surface area contributed by atoms with E-state index in [9.17, 15) is 4.79 Å². The van der Waals surface area contributed by atoms with Crippen LogP contribution in [0.1, 0.15) is 6.92 Å². The fourth-order valence-electron chi connectivity index (χ4n) is 2.59. The van der Waals surface area contributed by atoms with Gasteiger partial charge in [0, 0.05) is 13.7 Å². The highest BCUT2D eigenvalue weighted by molar-refractivity contribution is 7.16. The Morgan fingerprint density at radius 2 is 1.78 bits per heavy atom. The minimum Gasteiger partial charge on any atom is -0.494 e. The van der Waals surface area contributed by atoms with Gasteiger partial charge in [-0.05, 0) is 43.3 Å². The predicted molar refractivity (Wildman–Crippen MR) is 105 cm³/mol. The monoisotopic (exact) mass is 386 g/mol. The van der Waals surface area contributed by atoms with Crippen molar-refractivity contribution in [1.82, 2.24) is 4.57 Å². The fourth-order valence-corrected chi connectivity index (χ4v) is 3.66. The number of thiazole rings is 1. The Hall–Kier alpha value is -2.64. The number of nitrogens with zero attached hydrogens (tertiary/aromatic N) is 2. The zero-order chi connectivity index (χ0) is 19.1. The summed E-state index contributed by atoms with van der Waals surface area (Å²) in [4.78, 5) is 17.2. The van der Waals surface area contributed by atoms with Crippen LogP contribution < -0.4 is 14.3 Å². The van der Waals surface area contributed by atoms with E-state index in [1.165, 1.54) is 11.3 Å². The minimum absolute atomic E-state index is 0.119. The fraction of sp³-hybridized carbons (Fsp3) is 0.300. The highest BCUT2D eigenvalue weighted by Gasteiger charge is 2.08. The lowest BCUT2D eigenvalue weighted by atomic mass is 10.3. The van der Waals surface area contributed by atoms with E-state index in [0.717, 1.165) is 16.0 Å². The molecule has 7 heteroatoms. The van der Waals surface area contributed by atoms with Gasteiger partial charge in [0.25, 0.3) is 5.91 Å². The molecule has 3 aromatic rings. The number of benzene rings is 2. The molecule has 2 aromatic carbocycles. The summed E-state index contributed by atoms with van der Waals surface area (Å²) in [5.74, 6) is 1.04. The van der Waals surface area contributed by atoms with Gasteiger partial charge < -0.3 is 18.8 Å². The maximum absolute atomic E-state index is 12.3. The number of hydrogen-bond acceptors (Lipinski definition) is 5. The second kappa shape index (κ2) is 9.34. The van der Waals surface area contributed by atoms with Crippen LogP contribution >= 0.6 is 11.3 Å². The van der Waals surface area contributed by atoms with Gasteiger partial charge in [-0.15, -0.1) is 0 Å². The molecule has 1 aromatic heterocycles. The third-order valence-corrected chi connectivity index (χ3v) is 4.88. The van der Waals surface area contributed by atoms with Gasteiger partial charge in [-0.2, -0.15) is 4.99 Å². The third-order valence-electron chi connectivity index (χ3n) is 3.82. The van der Waals surface area contributed by atoms with Crippen LogP contribution in [-0.4, -0.2) is 37.4 Å². The smallest absolute Gasteiger partial charge is 0.286 e. The molecule has 0 atom stereocenters. The lowest BCUT2D eigenvalue weighted by Crippen LogP contribution is -2.21. The highest BCUT2D eigenvalue weighted by atomic mass is 32.1. The van der Waals surface area contributed by atoms with E-state index in [1.807, 2.05) is 47.9 Å². The molecule has 0 aliphatic rings. The van der Waals surface area contributed by atoms with Crippen molar-refractivity contribution < 1.29 is 19.0 Å². The Morgan fingerprint density at radius 3 is 2.48 bits per heavy atom. The summed E-state index contributed by atoms with van der Waals surface area (Å²) in [5.41, 5.74) is 1.04. The molecule has 0 aliphatic heterocycles. The standard InChI is InChI=1S/C20H22N2O4S/c1-3-25-15-8-10-16(11-9-15)26-14-19(23)21-20-22(12-13-24-2)17-6-4-5-7-18(17)27-20/h4-11H,3,12-14H2,1-2H3. The normalized spacial score (nSPS) is 11.7. The first kappa shape index (κ1) is 19.1. The van der Waals surface area contributed by atoms with E-state index in [0.29, 0.717) is 30.3 Å². The maximum atomic E-state index is 12.3. The van der Waals surface area contributed by atoms with Crippen molar-refractivity contribution >= 4 is 27.5 Å². The Morgan fingerprint density at radius 1 is 1.07 bits per heavy atom. The lowest BCUT2D eigenvalue weighted by molar-refractivity contribution is -0.120. The molecule has 0 bridgehead atoms. The summed E-state index contributed by atoms with van der Waals surface area (Å²) in [5, 5.41) is 0. The molecule has 27 heavy (non-hydrogen) atoms. The first-order valence-electron chi connectivity index (χ1n) is 8.71. The molecule has 1 amide bonds. The molecule has 0 saturated heterocycles. The van der Waals surface area contributed by atoms with E-state index >= 15 is 0 Å². The van der Waals surface area contributed by atoms with Gasteiger partial charge in [0.05, 0.1) is 23.4 Å². The van der Waals surface area contributed by atoms with Gasteiger partial charge in [0.1, 0.15) is 11.5 Å². The number of ether oxygens (including phenoxy) is 3. The second-order valence-corrected chi connectivity index (χ2v) is 6.70. The lowest BCUT2D eigenvalue weighted by Gasteiger charge is -2.06. The molecule has 0 N–H and O–H groups in total. The van der Waals surface area contributed by atoms with Crippen LogP contribution in [-0.2, 0) is 16.1 Å². The van der Waals surface area contributed by atoms with Gasteiger partial charge in [-0.1, -0.05) is 23.5 Å². The van der Waals surface area contributed by atoms with Gasteiger partial charge in [-0.25, -0.2) is 0 Å². The van der Waals surface area contributed by atoms with E-state index in [-0.39, 0.29) is 12.5 Å². The van der Waals surface area contributed by atoms with Crippen molar-refractivity contribution in [2.75, 3.05) is 26.9 Å².